The predicted octanol–water partition coefficient (Wildman–Crippen LogP) is 1.03. The van der Waals surface area contributed by atoms with Crippen LogP contribution in [0.5, 0.6) is 0 Å². The predicted molar refractivity (Wildman–Crippen MR) is 105 cm³/mol. The molecule has 5 rings (SSSR count). The molecule has 2 fully saturated rings. The summed E-state index contributed by atoms with van der Waals surface area (Å²) >= 11 is 0. The quantitative estimate of drug-likeness (QED) is 0.766. The lowest BCUT2D eigenvalue weighted by Crippen LogP contribution is -2.39. The Labute approximate surface area is 169 Å². The number of carbonyl (C=O) groups is 1. The molecule has 0 radical (unpaired) electrons. The van der Waals surface area contributed by atoms with Crippen molar-refractivity contribution < 1.29 is 4.79 Å². The van der Waals surface area contributed by atoms with Crippen molar-refractivity contribution in [3.05, 3.63) is 35.2 Å². The number of hydrogen-bond acceptors (Lipinski definition) is 8. The van der Waals surface area contributed by atoms with Gasteiger partial charge in [0, 0.05) is 37.8 Å². The summed E-state index contributed by atoms with van der Waals surface area (Å²) in [7, 11) is 0. The van der Waals surface area contributed by atoms with E-state index in [9.17, 15) is 4.79 Å². The second kappa shape index (κ2) is 6.95. The zero-order valence-electron chi connectivity index (χ0n) is 16.4. The summed E-state index contributed by atoms with van der Waals surface area (Å²) in [5.41, 5.74) is 2.43. The van der Waals surface area contributed by atoms with Crippen molar-refractivity contribution in [1.29, 1.82) is 5.26 Å². The van der Waals surface area contributed by atoms with E-state index in [0.29, 0.717) is 31.1 Å². The fourth-order valence-electron chi connectivity index (χ4n) is 4.31. The number of aryl methyl sites for hydroxylation is 1. The maximum absolute atomic E-state index is 13.2. The van der Waals surface area contributed by atoms with Crippen molar-refractivity contribution in [3.63, 3.8) is 0 Å². The van der Waals surface area contributed by atoms with E-state index in [4.69, 9.17) is 5.26 Å². The average molecular weight is 390 g/mol. The molecule has 3 aliphatic rings. The Morgan fingerprint density at radius 2 is 2.03 bits per heavy atom. The van der Waals surface area contributed by atoms with Crippen molar-refractivity contribution in [3.8, 4) is 6.07 Å². The smallest absolute Gasteiger partial charge is 0.228 e. The molecule has 3 aliphatic heterocycles. The van der Waals surface area contributed by atoms with Gasteiger partial charge in [0.25, 0.3) is 0 Å². The van der Waals surface area contributed by atoms with Crippen LogP contribution in [0.1, 0.15) is 35.6 Å². The Kier molecular flexibility index (Phi) is 4.27. The van der Waals surface area contributed by atoms with E-state index in [-0.39, 0.29) is 11.8 Å². The third-order valence-electron chi connectivity index (χ3n) is 5.97. The van der Waals surface area contributed by atoms with Gasteiger partial charge in [-0.2, -0.15) is 5.26 Å². The molecule has 0 saturated carbocycles. The first-order valence-corrected chi connectivity index (χ1v) is 9.99. The van der Waals surface area contributed by atoms with Crippen LogP contribution in [-0.2, 0) is 17.9 Å². The molecule has 2 aromatic heterocycles. The van der Waals surface area contributed by atoms with Crippen LogP contribution in [0.3, 0.4) is 0 Å². The van der Waals surface area contributed by atoms with Crippen LogP contribution in [-0.4, -0.2) is 56.9 Å². The zero-order valence-corrected chi connectivity index (χ0v) is 16.4. The number of nitrogens with zero attached hydrogens (tertiary/aromatic N) is 8. The van der Waals surface area contributed by atoms with Gasteiger partial charge in [0.15, 0.2) is 0 Å². The van der Waals surface area contributed by atoms with Crippen LogP contribution in [0.15, 0.2) is 12.4 Å². The van der Waals surface area contributed by atoms with E-state index in [1.807, 2.05) is 17.9 Å². The minimum Gasteiger partial charge on any atom is -0.356 e. The molecule has 2 aromatic rings. The number of fused-ring (bicyclic) bond motifs is 1. The molecule has 5 heterocycles. The lowest BCUT2D eigenvalue weighted by atomic mass is 10.1. The maximum atomic E-state index is 13.2. The molecule has 1 amide bonds. The number of hydrogen-bond donors (Lipinski definition) is 0. The summed E-state index contributed by atoms with van der Waals surface area (Å²) in [5.74, 6) is 2.56. The topological polar surface area (TPSA) is 102 Å². The molecule has 1 atom stereocenters. The summed E-state index contributed by atoms with van der Waals surface area (Å²) in [6.45, 7) is 6.47. The van der Waals surface area contributed by atoms with Gasteiger partial charge >= 0.3 is 0 Å². The summed E-state index contributed by atoms with van der Waals surface area (Å²) in [4.78, 5) is 36.9. The van der Waals surface area contributed by atoms with Crippen LogP contribution >= 0.6 is 0 Å². The summed E-state index contributed by atoms with van der Waals surface area (Å²) < 4.78 is 0. The molecule has 0 bridgehead atoms. The average Bonchev–Trinajstić information content (AvgIpc) is 3.33. The monoisotopic (exact) mass is 390 g/mol. The SMILES string of the molecule is Cc1nc2c(c(N3CCC3)n1)CN(C(=O)[C@@H]1CCN(c3cc(C#N)ncn3)C1)C2. The lowest BCUT2D eigenvalue weighted by molar-refractivity contribution is -0.135. The van der Waals surface area contributed by atoms with Crippen molar-refractivity contribution in [2.45, 2.75) is 32.9 Å². The van der Waals surface area contributed by atoms with E-state index in [2.05, 4.69) is 29.7 Å². The minimum atomic E-state index is -0.0775. The summed E-state index contributed by atoms with van der Waals surface area (Å²) in [6, 6.07) is 3.72. The van der Waals surface area contributed by atoms with Crippen LogP contribution in [0.4, 0.5) is 11.6 Å². The molecule has 0 aliphatic carbocycles. The highest BCUT2D eigenvalue weighted by atomic mass is 16.2. The van der Waals surface area contributed by atoms with E-state index in [1.165, 1.54) is 12.7 Å². The Morgan fingerprint density at radius 3 is 2.79 bits per heavy atom. The van der Waals surface area contributed by atoms with Gasteiger partial charge in [-0.05, 0) is 19.8 Å². The van der Waals surface area contributed by atoms with Crippen molar-refractivity contribution in [1.82, 2.24) is 24.8 Å². The third-order valence-corrected chi connectivity index (χ3v) is 5.97. The number of rotatable bonds is 3. The minimum absolute atomic E-state index is 0.0775. The highest BCUT2D eigenvalue weighted by Crippen LogP contribution is 2.33. The van der Waals surface area contributed by atoms with E-state index in [0.717, 1.165) is 49.0 Å². The molecule has 9 heteroatoms. The van der Waals surface area contributed by atoms with Gasteiger partial charge < -0.3 is 14.7 Å². The van der Waals surface area contributed by atoms with Gasteiger partial charge in [0.2, 0.25) is 5.91 Å². The highest BCUT2D eigenvalue weighted by molar-refractivity contribution is 5.81. The number of amides is 1. The maximum Gasteiger partial charge on any atom is 0.228 e. The molecule has 0 N–H and O–H groups in total. The second-order valence-electron chi connectivity index (χ2n) is 7.86. The van der Waals surface area contributed by atoms with Gasteiger partial charge in [-0.1, -0.05) is 0 Å². The van der Waals surface area contributed by atoms with Gasteiger partial charge in [-0.25, -0.2) is 19.9 Å². The van der Waals surface area contributed by atoms with E-state index < -0.39 is 0 Å². The van der Waals surface area contributed by atoms with Crippen LogP contribution in [0.25, 0.3) is 0 Å². The molecule has 0 aromatic carbocycles. The van der Waals surface area contributed by atoms with E-state index in [1.54, 1.807) is 6.07 Å². The molecule has 148 valence electrons. The lowest BCUT2D eigenvalue weighted by Gasteiger charge is -2.33. The molecule has 0 spiro atoms. The second-order valence-corrected chi connectivity index (χ2v) is 7.86. The number of aromatic nitrogens is 4. The summed E-state index contributed by atoms with van der Waals surface area (Å²) in [6.07, 6.45) is 3.37. The molecule has 2 saturated heterocycles. The van der Waals surface area contributed by atoms with Crippen LogP contribution < -0.4 is 9.80 Å². The molecule has 9 nitrogen and oxygen atoms in total. The Morgan fingerprint density at radius 1 is 1.17 bits per heavy atom. The Hall–Kier alpha value is -3.28. The Bertz CT molecular complexity index is 1010. The normalized spacial score (nSPS) is 20.4. The third kappa shape index (κ3) is 3.14. The Balaban J connectivity index is 1.30. The highest BCUT2D eigenvalue weighted by Gasteiger charge is 2.37. The fourth-order valence-corrected chi connectivity index (χ4v) is 4.31. The zero-order chi connectivity index (χ0) is 20.0. The van der Waals surface area contributed by atoms with Gasteiger partial charge in [-0.15, -0.1) is 0 Å². The van der Waals surface area contributed by atoms with Crippen LogP contribution in [0.2, 0.25) is 0 Å². The molecule has 29 heavy (non-hydrogen) atoms. The first-order chi connectivity index (χ1) is 14.1. The van der Waals surface area contributed by atoms with Crippen LogP contribution in [0, 0.1) is 24.2 Å². The molecular weight excluding hydrogens is 368 g/mol. The first kappa shape index (κ1) is 17.8. The summed E-state index contributed by atoms with van der Waals surface area (Å²) in [5, 5.41) is 9.04. The standard InChI is InChI=1S/C20H22N8O/c1-13-24-17-11-28(10-16(17)19(25-13)26-4-2-5-26)20(29)14-3-6-27(9-14)18-7-15(8-21)22-12-23-18/h7,12,14H,2-6,9-11H2,1H3/t14-/m1/s1. The number of nitriles is 1. The first-order valence-electron chi connectivity index (χ1n) is 9.99. The molecule has 0 unspecified atom stereocenters. The van der Waals surface area contributed by atoms with Crippen molar-refractivity contribution in [2.24, 2.45) is 5.92 Å². The van der Waals surface area contributed by atoms with Crippen molar-refractivity contribution in [2.75, 3.05) is 36.0 Å². The number of carbonyl (C=O) groups excluding carboxylic acids is 1. The van der Waals surface area contributed by atoms with Gasteiger partial charge in [0.05, 0.1) is 24.7 Å². The fraction of sp³-hybridized carbons (Fsp3) is 0.500. The molecular formula is C20H22N8O. The van der Waals surface area contributed by atoms with E-state index >= 15 is 0 Å². The van der Waals surface area contributed by atoms with Gasteiger partial charge in [0.1, 0.15) is 35.6 Å². The number of anilines is 2. The van der Waals surface area contributed by atoms with Crippen molar-refractivity contribution >= 4 is 17.5 Å². The van der Waals surface area contributed by atoms with Gasteiger partial charge in [-0.3, -0.25) is 4.79 Å². The largest absolute Gasteiger partial charge is 0.356 e.